The molecule has 1 amide bonds. The first kappa shape index (κ1) is 17.3. The van der Waals surface area contributed by atoms with Gasteiger partial charge < -0.3 is 20.5 Å². The second-order valence-corrected chi connectivity index (χ2v) is 5.37. The molecule has 1 rings (SSSR count). The number of hydrogen-bond donors (Lipinski definition) is 2. The molecular weight excluding hydrogens is 268 g/mol. The summed E-state index contributed by atoms with van der Waals surface area (Å²) in [7, 11) is 1.60. The maximum Gasteiger partial charge on any atom is 0.237 e. The molecule has 5 heteroatoms. The maximum absolute atomic E-state index is 11.9. The van der Waals surface area contributed by atoms with Crippen molar-refractivity contribution in [3.63, 3.8) is 0 Å². The summed E-state index contributed by atoms with van der Waals surface area (Å²) in [6.45, 7) is 6.99. The van der Waals surface area contributed by atoms with Crippen molar-refractivity contribution in [2.75, 3.05) is 13.7 Å². The molecule has 0 aliphatic heterocycles. The van der Waals surface area contributed by atoms with Gasteiger partial charge in [0.15, 0.2) is 11.5 Å². The highest BCUT2D eigenvalue weighted by Gasteiger charge is 2.14. The highest BCUT2D eigenvalue weighted by molar-refractivity contribution is 5.81. The van der Waals surface area contributed by atoms with Gasteiger partial charge in [-0.1, -0.05) is 19.9 Å². The Hall–Kier alpha value is -1.75. The molecule has 1 atom stereocenters. The van der Waals surface area contributed by atoms with Gasteiger partial charge in [0.2, 0.25) is 5.91 Å². The first-order valence-corrected chi connectivity index (χ1v) is 7.30. The van der Waals surface area contributed by atoms with Crippen LogP contribution in [0.5, 0.6) is 11.5 Å². The molecule has 0 saturated carbocycles. The molecule has 0 aliphatic rings. The molecule has 21 heavy (non-hydrogen) atoms. The lowest BCUT2D eigenvalue weighted by molar-refractivity contribution is -0.122. The summed E-state index contributed by atoms with van der Waals surface area (Å²) >= 11 is 0. The molecule has 0 radical (unpaired) electrons. The molecule has 0 aromatic heterocycles. The van der Waals surface area contributed by atoms with E-state index in [0.717, 1.165) is 5.56 Å². The van der Waals surface area contributed by atoms with E-state index in [1.165, 1.54) is 0 Å². The smallest absolute Gasteiger partial charge is 0.237 e. The first-order valence-electron chi connectivity index (χ1n) is 7.30. The van der Waals surface area contributed by atoms with E-state index in [0.29, 0.717) is 37.0 Å². The van der Waals surface area contributed by atoms with E-state index in [1.807, 2.05) is 39.0 Å². The Labute approximate surface area is 126 Å². The molecule has 0 heterocycles. The molecule has 3 N–H and O–H groups in total. The van der Waals surface area contributed by atoms with Gasteiger partial charge in [0.1, 0.15) is 0 Å². The topological polar surface area (TPSA) is 73.6 Å². The van der Waals surface area contributed by atoms with Crippen molar-refractivity contribution in [2.45, 2.75) is 39.8 Å². The van der Waals surface area contributed by atoms with Gasteiger partial charge in [0.05, 0.1) is 19.8 Å². The lowest BCUT2D eigenvalue weighted by Crippen LogP contribution is -2.41. The Morgan fingerprint density at radius 3 is 2.62 bits per heavy atom. The van der Waals surface area contributed by atoms with Crippen molar-refractivity contribution in [2.24, 2.45) is 11.7 Å². The molecule has 0 spiro atoms. The summed E-state index contributed by atoms with van der Waals surface area (Å²) in [6.07, 6.45) is 0.679. The second kappa shape index (κ2) is 8.52. The van der Waals surface area contributed by atoms with Crippen molar-refractivity contribution in [3.05, 3.63) is 23.8 Å². The number of carbonyl (C=O) groups is 1. The minimum atomic E-state index is -0.463. The predicted molar refractivity (Wildman–Crippen MR) is 83.4 cm³/mol. The van der Waals surface area contributed by atoms with Crippen LogP contribution >= 0.6 is 0 Å². The van der Waals surface area contributed by atoms with Crippen LogP contribution in [0.2, 0.25) is 0 Å². The van der Waals surface area contributed by atoms with Crippen molar-refractivity contribution < 1.29 is 14.3 Å². The zero-order chi connectivity index (χ0) is 15.8. The molecule has 0 bridgehead atoms. The van der Waals surface area contributed by atoms with E-state index in [-0.39, 0.29) is 5.91 Å². The Bertz CT molecular complexity index is 461. The molecule has 5 nitrogen and oxygen atoms in total. The standard InChI is InChI=1S/C16H26N2O3/c1-5-21-15-9-12(6-7-14(15)20-4)10-18-16(19)13(17)8-11(2)3/h6-7,9,11,13H,5,8,10,17H2,1-4H3,(H,18,19)/t13-/m0/s1. The SMILES string of the molecule is CCOc1cc(CNC(=O)[C@@H](N)CC(C)C)ccc1OC. The summed E-state index contributed by atoms with van der Waals surface area (Å²) in [6, 6.07) is 5.14. The minimum Gasteiger partial charge on any atom is -0.493 e. The zero-order valence-electron chi connectivity index (χ0n) is 13.3. The van der Waals surface area contributed by atoms with E-state index in [1.54, 1.807) is 7.11 Å². The van der Waals surface area contributed by atoms with Crippen LogP contribution in [0.15, 0.2) is 18.2 Å². The van der Waals surface area contributed by atoms with E-state index in [9.17, 15) is 4.79 Å². The van der Waals surface area contributed by atoms with Gasteiger partial charge in [-0.3, -0.25) is 4.79 Å². The zero-order valence-corrected chi connectivity index (χ0v) is 13.3. The van der Waals surface area contributed by atoms with Crippen LogP contribution < -0.4 is 20.5 Å². The van der Waals surface area contributed by atoms with Crippen LogP contribution in [0.1, 0.15) is 32.8 Å². The lowest BCUT2D eigenvalue weighted by atomic mass is 10.0. The number of nitrogens with two attached hydrogens (primary N) is 1. The van der Waals surface area contributed by atoms with Gasteiger partial charge in [-0.15, -0.1) is 0 Å². The van der Waals surface area contributed by atoms with E-state index >= 15 is 0 Å². The Balaban J connectivity index is 2.62. The van der Waals surface area contributed by atoms with Crippen LogP contribution in [-0.2, 0) is 11.3 Å². The molecule has 0 fully saturated rings. The summed E-state index contributed by atoms with van der Waals surface area (Å²) in [5.41, 5.74) is 6.80. The molecule has 1 aromatic rings. The number of methoxy groups -OCH3 is 1. The Morgan fingerprint density at radius 2 is 2.05 bits per heavy atom. The fourth-order valence-corrected chi connectivity index (χ4v) is 2.03. The van der Waals surface area contributed by atoms with Crippen LogP contribution in [-0.4, -0.2) is 25.7 Å². The van der Waals surface area contributed by atoms with Crippen molar-refractivity contribution in [3.8, 4) is 11.5 Å². The highest BCUT2D eigenvalue weighted by atomic mass is 16.5. The average molecular weight is 294 g/mol. The maximum atomic E-state index is 11.9. The molecule has 1 aromatic carbocycles. The summed E-state index contributed by atoms with van der Waals surface area (Å²) in [4.78, 5) is 11.9. The molecule has 0 saturated heterocycles. The van der Waals surface area contributed by atoms with Crippen LogP contribution in [0.3, 0.4) is 0 Å². The van der Waals surface area contributed by atoms with Gasteiger partial charge in [0, 0.05) is 6.54 Å². The number of nitrogens with one attached hydrogen (secondary N) is 1. The number of carbonyl (C=O) groups excluding carboxylic acids is 1. The third-order valence-electron chi connectivity index (χ3n) is 3.06. The average Bonchev–Trinajstić information content (AvgIpc) is 2.44. The van der Waals surface area contributed by atoms with Crippen LogP contribution in [0.4, 0.5) is 0 Å². The van der Waals surface area contributed by atoms with Gasteiger partial charge in [-0.2, -0.15) is 0 Å². The van der Waals surface area contributed by atoms with Crippen molar-refractivity contribution >= 4 is 5.91 Å². The van der Waals surface area contributed by atoms with Gasteiger partial charge >= 0.3 is 0 Å². The van der Waals surface area contributed by atoms with Crippen LogP contribution in [0.25, 0.3) is 0 Å². The van der Waals surface area contributed by atoms with E-state index in [2.05, 4.69) is 5.32 Å². The number of ether oxygens (including phenoxy) is 2. The fourth-order valence-electron chi connectivity index (χ4n) is 2.03. The number of amides is 1. The molecule has 0 aliphatic carbocycles. The van der Waals surface area contributed by atoms with E-state index < -0.39 is 6.04 Å². The van der Waals surface area contributed by atoms with Crippen molar-refractivity contribution in [1.29, 1.82) is 0 Å². The Morgan fingerprint density at radius 1 is 1.33 bits per heavy atom. The normalized spacial score (nSPS) is 12.1. The third kappa shape index (κ3) is 5.63. The van der Waals surface area contributed by atoms with Gasteiger partial charge in [-0.25, -0.2) is 0 Å². The number of benzene rings is 1. The van der Waals surface area contributed by atoms with Crippen molar-refractivity contribution in [1.82, 2.24) is 5.32 Å². The quantitative estimate of drug-likeness (QED) is 0.770. The number of hydrogen-bond acceptors (Lipinski definition) is 4. The van der Waals surface area contributed by atoms with E-state index in [4.69, 9.17) is 15.2 Å². The summed E-state index contributed by atoms with van der Waals surface area (Å²) in [5.74, 6) is 1.63. The minimum absolute atomic E-state index is 0.127. The first-order chi connectivity index (χ1) is 9.97. The monoisotopic (exact) mass is 294 g/mol. The fraction of sp³-hybridized carbons (Fsp3) is 0.562. The Kier molecular flexibility index (Phi) is 7.02. The largest absolute Gasteiger partial charge is 0.493 e. The highest BCUT2D eigenvalue weighted by Crippen LogP contribution is 2.27. The summed E-state index contributed by atoms with van der Waals surface area (Å²) < 4.78 is 10.7. The second-order valence-electron chi connectivity index (χ2n) is 5.37. The summed E-state index contributed by atoms with van der Waals surface area (Å²) in [5, 5.41) is 2.85. The molecule has 118 valence electrons. The predicted octanol–water partition coefficient (Wildman–Crippen LogP) is 2.08. The van der Waals surface area contributed by atoms with Gasteiger partial charge in [-0.05, 0) is 37.0 Å². The third-order valence-corrected chi connectivity index (χ3v) is 3.06. The van der Waals surface area contributed by atoms with Crippen LogP contribution in [0, 0.1) is 5.92 Å². The molecular formula is C16H26N2O3. The number of rotatable bonds is 8. The lowest BCUT2D eigenvalue weighted by Gasteiger charge is -2.15. The molecule has 0 unspecified atom stereocenters. The van der Waals surface area contributed by atoms with Gasteiger partial charge in [0.25, 0.3) is 0 Å².